The zero-order valence-electron chi connectivity index (χ0n) is 15.1. The third-order valence-electron chi connectivity index (χ3n) is 4.59. The summed E-state index contributed by atoms with van der Waals surface area (Å²) >= 11 is 12.0. The molecule has 1 fully saturated rings. The number of hydrogen-bond donors (Lipinski definition) is 0. The van der Waals surface area contributed by atoms with E-state index in [9.17, 15) is 9.59 Å². The van der Waals surface area contributed by atoms with Crippen LogP contribution in [0.15, 0.2) is 59.0 Å². The average Bonchev–Trinajstić information content (AvgIpc) is 3.17. The predicted octanol–water partition coefficient (Wildman–Crippen LogP) is 5.98. The van der Waals surface area contributed by atoms with Gasteiger partial charge in [0, 0.05) is 22.2 Å². The van der Waals surface area contributed by atoms with Crippen molar-refractivity contribution in [3.05, 3.63) is 71.4 Å². The Labute approximate surface area is 196 Å². The van der Waals surface area contributed by atoms with E-state index in [4.69, 9.17) is 9.15 Å². The molecule has 0 saturated carbocycles. The van der Waals surface area contributed by atoms with Crippen molar-refractivity contribution in [1.82, 2.24) is 4.90 Å². The molecule has 2 aromatic carbocycles. The summed E-state index contributed by atoms with van der Waals surface area (Å²) in [5.41, 5.74) is 0.769. The van der Waals surface area contributed by atoms with Gasteiger partial charge in [0.05, 0.1) is 16.1 Å². The van der Waals surface area contributed by atoms with Gasteiger partial charge in [-0.2, -0.15) is 0 Å². The SMILES string of the molecule is COc1ccc([C@H]2SCCN2C(=O)c2cc3cc(Br)cc(Br)c3oc2=O)cc1Br. The summed E-state index contributed by atoms with van der Waals surface area (Å²) in [5, 5.41) is 0.485. The van der Waals surface area contributed by atoms with Crippen molar-refractivity contribution in [3.8, 4) is 5.75 Å². The van der Waals surface area contributed by atoms with Crippen LogP contribution in [0.4, 0.5) is 0 Å². The van der Waals surface area contributed by atoms with Crippen molar-refractivity contribution in [3.63, 3.8) is 0 Å². The van der Waals surface area contributed by atoms with Gasteiger partial charge < -0.3 is 14.1 Å². The second kappa shape index (κ2) is 8.45. The van der Waals surface area contributed by atoms with Crippen LogP contribution in [0, 0.1) is 0 Å². The second-order valence-electron chi connectivity index (χ2n) is 6.37. The second-order valence-corrected chi connectivity index (χ2v) is 10.2. The molecule has 2 heterocycles. The Morgan fingerprint density at radius 3 is 2.69 bits per heavy atom. The fraction of sp³-hybridized carbons (Fsp3) is 0.200. The van der Waals surface area contributed by atoms with Crippen molar-refractivity contribution in [2.45, 2.75) is 5.37 Å². The molecule has 0 aliphatic carbocycles. The van der Waals surface area contributed by atoms with Crippen molar-refractivity contribution in [2.24, 2.45) is 0 Å². The molecular weight excluding hydrogens is 590 g/mol. The number of ether oxygens (including phenoxy) is 1. The van der Waals surface area contributed by atoms with E-state index in [1.807, 2.05) is 24.3 Å². The van der Waals surface area contributed by atoms with E-state index in [1.165, 1.54) is 0 Å². The standard InChI is InChI=1S/C20H14Br3NO4S/c1-27-16-3-2-10(8-14(16)22)19-24(4-5-29-19)18(25)13-7-11-6-12(21)9-15(23)17(11)28-20(13)26/h2-3,6-9,19H,4-5H2,1H3/t19-/m1/s1. The van der Waals surface area contributed by atoms with Crippen molar-refractivity contribution in [1.29, 1.82) is 0 Å². The van der Waals surface area contributed by atoms with E-state index in [0.717, 1.165) is 26.0 Å². The van der Waals surface area contributed by atoms with Gasteiger partial charge in [-0.05, 0) is 67.8 Å². The lowest BCUT2D eigenvalue weighted by Gasteiger charge is -2.24. The maximum absolute atomic E-state index is 13.3. The van der Waals surface area contributed by atoms with Crippen LogP contribution in [0.5, 0.6) is 5.75 Å². The molecule has 0 unspecified atom stereocenters. The van der Waals surface area contributed by atoms with Gasteiger partial charge in [-0.3, -0.25) is 4.79 Å². The Morgan fingerprint density at radius 2 is 1.97 bits per heavy atom. The summed E-state index contributed by atoms with van der Waals surface area (Å²) in [4.78, 5) is 27.5. The highest BCUT2D eigenvalue weighted by Gasteiger charge is 2.33. The molecule has 4 rings (SSSR count). The van der Waals surface area contributed by atoms with Gasteiger partial charge in [0.25, 0.3) is 5.91 Å². The van der Waals surface area contributed by atoms with Crippen LogP contribution in [-0.4, -0.2) is 30.2 Å². The number of carbonyl (C=O) groups excluding carboxylic acids is 1. The summed E-state index contributed by atoms with van der Waals surface area (Å²) in [5.74, 6) is 1.18. The van der Waals surface area contributed by atoms with Crippen LogP contribution < -0.4 is 10.4 Å². The molecule has 3 aromatic rings. The first-order valence-electron chi connectivity index (χ1n) is 8.58. The predicted molar refractivity (Wildman–Crippen MR) is 125 cm³/mol. The Morgan fingerprint density at radius 1 is 1.17 bits per heavy atom. The Balaban J connectivity index is 1.72. The summed E-state index contributed by atoms with van der Waals surface area (Å²) in [7, 11) is 1.61. The van der Waals surface area contributed by atoms with Crippen molar-refractivity contribution < 1.29 is 13.9 Å². The Kier molecular flexibility index (Phi) is 6.11. The third kappa shape index (κ3) is 4.02. The van der Waals surface area contributed by atoms with Crippen LogP contribution in [0.25, 0.3) is 11.0 Å². The highest BCUT2D eigenvalue weighted by atomic mass is 79.9. The number of halogens is 3. The van der Waals surface area contributed by atoms with Crippen LogP contribution >= 0.6 is 59.6 Å². The average molecular weight is 604 g/mol. The fourth-order valence-corrected chi connectivity index (χ4v) is 6.39. The Bertz CT molecular complexity index is 1180. The van der Waals surface area contributed by atoms with Gasteiger partial charge in [-0.15, -0.1) is 11.8 Å². The van der Waals surface area contributed by atoms with E-state index in [-0.39, 0.29) is 16.8 Å². The van der Waals surface area contributed by atoms with Gasteiger partial charge in [0.2, 0.25) is 0 Å². The maximum Gasteiger partial charge on any atom is 0.349 e. The molecule has 0 N–H and O–H groups in total. The number of nitrogens with zero attached hydrogens (tertiary/aromatic N) is 1. The van der Waals surface area contributed by atoms with Crippen LogP contribution in [0.1, 0.15) is 21.3 Å². The van der Waals surface area contributed by atoms with E-state index >= 15 is 0 Å². The maximum atomic E-state index is 13.3. The molecular formula is C20H14Br3NO4S. The zero-order chi connectivity index (χ0) is 20.7. The summed E-state index contributed by atoms with van der Waals surface area (Å²) in [6.45, 7) is 0.553. The first-order valence-corrected chi connectivity index (χ1v) is 12.0. The number of methoxy groups -OCH3 is 1. The number of benzene rings is 2. The van der Waals surface area contributed by atoms with Crippen LogP contribution in [-0.2, 0) is 0 Å². The molecule has 0 radical (unpaired) electrons. The topological polar surface area (TPSA) is 59.8 Å². The number of thioether (sulfide) groups is 1. The number of rotatable bonds is 3. The van der Waals surface area contributed by atoms with E-state index in [1.54, 1.807) is 35.9 Å². The molecule has 29 heavy (non-hydrogen) atoms. The van der Waals surface area contributed by atoms with E-state index in [0.29, 0.717) is 22.0 Å². The number of fused-ring (bicyclic) bond motifs is 1. The largest absolute Gasteiger partial charge is 0.496 e. The van der Waals surface area contributed by atoms with Gasteiger partial charge in [-0.1, -0.05) is 22.0 Å². The summed E-state index contributed by atoms with van der Waals surface area (Å²) < 4.78 is 13.0. The van der Waals surface area contributed by atoms with Gasteiger partial charge in [0.1, 0.15) is 16.7 Å². The highest BCUT2D eigenvalue weighted by Crippen LogP contribution is 2.41. The minimum absolute atomic E-state index is 0.0302. The molecule has 1 amide bonds. The zero-order valence-corrected chi connectivity index (χ0v) is 20.7. The normalized spacial score (nSPS) is 16.4. The minimum atomic E-state index is -0.642. The minimum Gasteiger partial charge on any atom is -0.496 e. The lowest BCUT2D eigenvalue weighted by molar-refractivity contribution is 0.0756. The molecule has 1 aliphatic rings. The van der Waals surface area contributed by atoms with Gasteiger partial charge >= 0.3 is 5.63 Å². The first-order chi connectivity index (χ1) is 13.9. The quantitative estimate of drug-likeness (QED) is 0.345. The molecule has 0 spiro atoms. The first kappa shape index (κ1) is 21.0. The molecule has 150 valence electrons. The number of carbonyl (C=O) groups is 1. The van der Waals surface area contributed by atoms with E-state index in [2.05, 4.69) is 47.8 Å². The molecule has 1 atom stereocenters. The van der Waals surface area contributed by atoms with Crippen LogP contribution in [0.2, 0.25) is 0 Å². The third-order valence-corrected chi connectivity index (χ3v) is 7.52. The Hall–Kier alpha value is -1.29. The highest BCUT2D eigenvalue weighted by molar-refractivity contribution is 9.11. The molecule has 9 heteroatoms. The lowest BCUT2D eigenvalue weighted by atomic mass is 10.1. The fourth-order valence-electron chi connectivity index (χ4n) is 3.25. The molecule has 1 aliphatic heterocycles. The van der Waals surface area contributed by atoms with Gasteiger partial charge in [0.15, 0.2) is 5.58 Å². The number of hydrogen-bond acceptors (Lipinski definition) is 5. The molecule has 1 saturated heterocycles. The van der Waals surface area contributed by atoms with Gasteiger partial charge in [-0.25, -0.2) is 4.79 Å². The molecule has 5 nitrogen and oxygen atoms in total. The monoisotopic (exact) mass is 601 g/mol. The van der Waals surface area contributed by atoms with E-state index < -0.39 is 5.63 Å². The lowest BCUT2D eigenvalue weighted by Crippen LogP contribution is -2.33. The smallest absolute Gasteiger partial charge is 0.349 e. The van der Waals surface area contributed by atoms with Crippen molar-refractivity contribution >= 4 is 76.4 Å². The molecule has 1 aromatic heterocycles. The van der Waals surface area contributed by atoms with Crippen molar-refractivity contribution in [2.75, 3.05) is 19.4 Å². The number of amides is 1. The summed E-state index contributed by atoms with van der Waals surface area (Å²) in [6.07, 6.45) is 0. The summed E-state index contributed by atoms with van der Waals surface area (Å²) in [6, 6.07) is 10.9. The molecule has 0 bridgehead atoms. The van der Waals surface area contributed by atoms with Crippen LogP contribution in [0.3, 0.4) is 0 Å².